The average molecular weight is 451 g/mol. The molecule has 0 aromatic rings. The van der Waals surface area contributed by atoms with E-state index in [9.17, 15) is 34.5 Å². The zero-order valence-corrected chi connectivity index (χ0v) is 18.6. The van der Waals surface area contributed by atoms with Crippen LogP contribution in [0.25, 0.3) is 0 Å². The molecule has 11 nitrogen and oxygen atoms in total. The summed E-state index contributed by atoms with van der Waals surface area (Å²) in [6.45, 7) is 4.23. The maximum absolute atomic E-state index is 12.4. The van der Waals surface area contributed by atoms with E-state index in [4.69, 9.17) is 5.73 Å². The van der Waals surface area contributed by atoms with Crippen molar-refractivity contribution in [2.45, 2.75) is 63.9 Å². The number of carboxylic acids is 1. The number of thioether (sulfide) groups is 1. The number of carboxylic acid groups (broad SMARTS) is 1. The molecule has 0 heterocycles. The van der Waals surface area contributed by atoms with E-state index in [1.807, 2.05) is 13.8 Å². The lowest BCUT2D eigenvalue weighted by atomic mass is 10.0. The van der Waals surface area contributed by atoms with Crippen LogP contribution in [0.1, 0.15) is 33.6 Å². The fourth-order valence-corrected chi connectivity index (χ4v) is 2.97. The van der Waals surface area contributed by atoms with E-state index in [0.717, 1.165) is 0 Å². The first-order chi connectivity index (χ1) is 13.9. The number of aliphatic hydroxyl groups is 2. The molecule has 0 aliphatic rings. The number of hydrogen-bond acceptors (Lipinski definition) is 8. The number of amides is 3. The van der Waals surface area contributed by atoms with Gasteiger partial charge in [-0.2, -0.15) is 11.8 Å². The lowest BCUT2D eigenvalue weighted by molar-refractivity contribution is -0.143. The first-order valence-electron chi connectivity index (χ1n) is 9.61. The summed E-state index contributed by atoms with van der Waals surface area (Å²) in [5.74, 6) is -3.07. The van der Waals surface area contributed by atoms with Crippen LogP contribution in [0.4, 0.5) is 0 Å². The topological polar surface area (TPSA) is 191 Å². The van der Waals surface area contributed by atoms with E-state index in [1.165, 1.54) is 18.7 Å². The van der Waals surface area contributed by atoms with Crippen molar-refractivity contribution < 1.29 is 34.5 Å². The number of carbonyl (C=O) groups is 4. The maximum Gasteiger partial charge on any atom is 0.326 e. The molecule has 174 valence electrons. The van der Waals surface area contributed by atoms with E-state index in [-0.39, 0.29) is 12.3 Å². The van der Waals surface area contributed by atoms with E-state index in [2.05, 4.69) is 16.0 Å². The molecular weight excluding hydrogens is 416 g/mol. The van der Waals surface area contributed by atoms with Crippen molar-refractivity contribution in [2.75, 3.05) is 18.6 Å². The fourth-order valence-electron chi connectivity index (χ4n) is 2.50. The summed E-state index contributed by atoms with van der Waals surface area (Å²) in [5, 5.41) is 35.4. The van der Waals surface area contributed by atoms with Gasteiger partial charge >= 0.3 is 5.97 Å². The van der Waals surface area contributed by atoms with Gasteiger partial charge in [-0.15, -0.1) is 0 Å². The lowest BCUT2D eigenvalue weighted by Crippen LogP contribution is -2.60. The molecule has 0 saturated carbocycles. The second kappa shape index (κ2) is 14.2. The largest absolute Gasteiger partial charge is 0.480 e. The predicted molar refractivity (Wildman–Crippen MR) is 113 cm³/mol. The van der Waals surface area contributed by atoms with E-state index in [1.54, 1.807) is 6.26 Å². The number of nitrogens with one attached hydrogen (secondary N) is 3. The van der Waals surface area contributed by atoms with Gasteiger partial charge in [0.1, 0.15) is 18.1 Å². The Labute approximate surface area is 180 Å². The quantitative estimate of drug-likeness (QED) is 0.157. The molecule has 0 bridgehead atoms. The number of rotatable bonds is 14. The Morgan fingerprint density at radius 3 is 1.97 bits per heavy atom. The number of aliphatic carboxylic acids is 1. The minimum Gasteiger partial charge on any atom is -0.480 e. The third-order valence-corrected chi connectivity index (χ3v) is 4.81. The summed E-state index contributed by atoms with van der Waals surface area (Å²) < 4.78 is 0. The Morgan fingerprint density at radius 2 is 1.53 bits per heavy atom. The lowest BCUT2D eigenvalue weighted by Gasteiger charge is -2.26. The van der Waals surface area contributed by atoms with E-state index < -0.39 is 60.6 Å². The van der Waals surface area contributed by atoms with Gasteiger partial charge in [0.25, 0.3) is 0 Å². The average Bonchev–Trinajstić information content (AvgIpc) is 2.65. The molecule has 0 aliphatic heterocycles. The van der Waals surface area contributed by atoms with Gasteiger partial charge in [-0.05, 0) is 37.7 Å². The molecule has 0 saturated heterocycles. The normalized spacial score (nSPS) is 16.1. The summed E-state index contributed by atoms with van der Waals surface area (Å²) in [7, 11) is 0. The predicted octanol–water partition coefficient (Wildman–Crippen LogP) is -1.97. The van der Waals surface area contributed by atoms with E-state index >= 15 is 0 Å². The standard InChI is InChI=1S/C18H34N4O7S/c1-9(2)7-11(19)15(25)21-13(8-23)16(26)22-14(10(3)24)17(27)20-12(18(28)29)5-6-30-4/h9-14,23-24H,5-8,19H2,1-4H3,(H,20,27)(H,21,25)(H,22,26)(H,28,29). The number of aliphatic hydroxyl groups excluding tert-OH is 2. The molecule has 0 radical (unpaired) electrons. The van der Waals surface area contributed by atoms with Crippen LogP contribution in [-0.2, 0) is 19.2 Å². The molecule has 0 aromatic heterocycles. The van der Waals surface area contributed by atoms with Crippen LogP contribution in [-0.4, -0.2) is 87.9 Å². The Morgan fingerprint density at radius 1 is 0.967 bits per heavy atom. The molecule has 0 fully saturated rings. The molecule has 0 spiro atoms. The number of nitrogens with two attached hydrogens (primary N) is 1. The Bertz CT molecular complexity index is 589. The van der Waals surface area contributed by atoms with Gasteiger partial charge in [-0.25, -0.2) is 4.79 Å². The number of hydrogen-bond donors (Lipinski definition) is 7. The van der Waals surface area contributed by atoms with Crippen LogP contribution >= 0.6 is 11.8 Å². The monoisotopic (exact) mass is 450 g/mol. The second-order valence-corrected chi connectivity index (χ2v) is 8.37. The smallest absolute Gasteiger partial charge is 0.326 e. The SMILES string of the molecule is CSCCC(NC(=O)C(NC(=O)C(CO)NC(=O)C(N)CC(C)C)C(C)O)C(=O)O. The highest BCUT2D eigenvalue weighted by Gasteiger charge is 2.32. The minimum absolute atomic E-state index is 0.142. The van der Waals surface area contributed by atoms with Gasteiger partial charge in [0.15, 0.2) is 0 Å². The molecule has 5 atom stereocenters. The van der Waals surface area contributed by atoms with Crippen molar-refractivity contribution in [1.29, 1.82) is 0 Å². The molecule has 0 aliphatic carbocycles. The van der Waals surface area contributed by atoms with Gasteiger partial charge < -0.3 is 37.0 Å². The summed E-state index contributed by atoms with van der Waals surface area (Å²) in [6.07, 6.45) is 0.959. The first kappa shape index (κ1) is 28.1. The van der Waals surface area contributed by atoms with Gasteiger partial charge in [-0.1, -0.05) is 13.8 Å². The summed E-state index contributed by atoms with van der Waals surface area (Å²) in [4.78, 5) is 48.3. The van der Waals surface area contributed by atoms with Crippen LogP contribution in [0.15, 0.2) is 0 Å². The minimum atomic E-state index is -1.48. The molecular formula is C18H34N4O7S. The molecule has 30 heavy (non-hydrogen) atoms. The molecule has 8 N–H and O–H groups in total. The zero-order chi connectivity index (χ0) is 23.4. The van der Waals surface area contributed by atoms with Gasteiger partial charge in [0.2, 0.25) is 17.7 Å². The maximum atomic E-state index is 12.4. The Balaban J connectivity index is 5.12. The van der Waals surface area contributed by atoms with Crippen molar-refractivity contribution in [2.24, 2.45) is 11.7 Å². The molecule has 5 unspecified atom stereocenters. The van der Waals surface area contributed by atoms with Crippen molar-refractivity contribution in [1.82, 2.24) is 16.0 Å². The Kier molecular flexibility index (Phi) is 13.3. The molecule has 0 aromatic carbocycles. The summed E-state index contributed by atoms with van der Waals surface area (Å²) >= 11 is 1.41. The van der Waals surface area contributed by atoms with Crippen molar-refractivity contribution in [3.63, 3.8) is 0 Å². The molecule has 3 amide bonds. The van der Waals surface area contributed by atoms with Crippen molar-refractivity contribution in [3.05, 3.63) is 0 Å². The van der Waals surface area contributed by atoms with Gasteiger partial charge in [-0.3, -0.25) is 14.4 Å². The first-order valence-corrected chi connectivity index (χ1v) is 11.0. The molecule has 0 rings (SSSR count). The fraction of sp³-hybridized carbons (Fsp3) is 0.778. The zero-order valence-electron chi connectivity index (χ0n) is 17.8. The third-order valence-electron chi connectivity index (χ3n) is 4.17. The number of carbonyl (C=O) groups excluding carboxylic acids is 3. The van der Waals surface area contributed by atoms with Crippen LogP contribution in [0.5, 0.6) is 0 Å². The van der Waals surface area contributed by atoms with Crippen molar-refractivity contribution in [3.8, 4) is 0 Å². The van der Waals surface area contributed by atoms with Gasteiger partial charge in [0, 0.05) is 0 Å². The van der Waals surface area contributed by atoms with Crippen LogP contribution in [0, 0.1) is 5.92 Å². The summed E-state index contributed by atoms with van der Waals surface area (Å²) in [6, 6.07) is -4.94. The second-order valence-electron chi connectivity index (χ2n) is 7.39. The van der Waals surface area contributed by atoms with Gasteiger partial charge in [0.05, 0.1) is 18.8 Å². The van der Waals surface area contributed by atoms with Crippen LogP contribution in [0.3, 0.4) is 0 Å². The van der Waals surface area contributed by atoms with E-state index in [0.29, 0.717) is 12.2 Å². The Hall–Kier alpha value is -1.89. The van der Waals surface area contributed by atoms with Crippen molar-refractivity contribution >= 4 is 35.5 Å². The molecule has 12 heteroatoms. The summed E-state index contributed by atoms with van der Waals surface area (Å²) in [5.41, 5.74) is 5.76. The van der Waals surface area contributed by atoms with Crippen LogP contribution in [0.2, 0.25) is 0 Å². The highest BCUT2D eigenvalue weighted by atomic mass is 32.2. The highest BCUT2D eigenvalue weighted by molar-refractivity contribution is 7.98. The highest BCUT2D eigenvalue weighted by Crippen LogP contribution is 2.05. The third kappa shape index (κ3) is 10.2. The van der Waals surface area contributed by atoms with Crippen LogP contribution < -0.4 is 21.7 Å².